The van der Waals surface area contributed by atoms with Crippen molar-refractivity contribution in [1.82, 2.24) is 20.3 Å². The predicted molar refractivity (Wildman–Crippen MR) is 126 cm³/mol. The van der Waals surface area contributed by atoms with E-state index in [1.807, 2.05) is 0 Å². The summed E-state index contributed by atoms with van der Waals surface area (Å²) in [5.74, 6) is 0.727. The molecule has 2 aromatic rings. The highest BCUT2D eigenvalue weighted by Crippen LogP contribution is 2.38. The summed E-state index contributed by atoms with van der Waals surface area (Å²) in [6.07, 6.45) is 4.48. The zero-order valence-electron chi connectivity index (χ0n) is 19.3. The van der Waals surface area contributed by atoms with Gasteiger partial charge in [-0.3, -0.25) is 0 Å². The van der Waals surface area contributed by atoms with Crippen LogP contribution in [0.4, 0.5) is 36.7 Å². The van der Waals surface area contributed by atoms with Crippen LogP contribution < -0.4 is 26.0 Å². The smallest absolute Gasteiger partial charge is 0.420 e. The Bertz CT molecular complexity index is 943. The van der Waals surface area contributed by atoms with Crippen LogP contribution in [-0.4, -0.2) is 47.2 Å². The van der Waals surface area contributed by atoms with Crippen LogP contribution in [-0.2, 0) is 6.18 Å². The van der Waals surface area contributed by atoms with Gasteiger partial charge in [0.05, 0.1) is 12.7 Å². The Morgan fingerprint density at radius 1 is 0.971 bits per heavy atom. The first-order valence-electron chi connectivity index (χ1n) is 11.9. The molecule has 4 N–H and O–H groups in total. The molecule has 1 saturated heterocycles. The quantitative estimate of drug-likeness (QED) is 0.396. The molecule has 8 nitrogen and oxygen atoms in total. The molecule has 1 aliphatic heterocycles. The first kappa shape index (κ1) is 24.3. The average Bonchev–Trinajstić information content (AvgIpc) is 3.20. The van der Waals surface area contributed by atoms with Crippen molar-refractivity contribution in [2.24, 2.45) is 0 Å². The second-order valence-corrected chi connectivity index (χ2v) is 8.85. The number of rotatable bonds is 8. The fraction of sp³-hybridized carbons (Fsp3) is 0.609. The van der Waals surface area contributed by atoms with Crippen LogP contribution in [0.3, 0.4) is 0 Å². The number of anilines is 4. The summed E-state index contributed by atoms with van der Waals surface area (Å²) in [4.78, 5) is 13.4. The second-order valence-electron chi connectivity index (χ2n) is 8.85. The van der Waals surface area contributed by atoms with E-state index in [1.165, 1.54) is 32.1 Å². The third kappa shape index (κ3) is 6.62. The number of alkyl halides is 3. The zero-order valence-corrected chi connectivity index (χ0v) is 19.3. The van der Waals surface area contributed by atoms with E-state index in [0.29, 0.717) is 24.5 Å². The number of hydrogen-bond donors (Lipinski definition) is 4. The van der Waals surface area contributed by atoms with Gasteiger partial charge in [-0.2, -0.15) is 28.1 Å². The van der Waals surface area contributed by atoms with Gasteiger partial charge in [-0.25, -0.2) is 0 Å². The van der Waals surface area contributed by atoms with Gasteiger partial charge in [0.15, 0.2) is 0 Å². The van der Waals surface area contributed by atoms with Crippen LogP contribution in [0.15, 0.2) is 18.2 Å². The summed E-state index contributed by atoms with van der Waals surface area (Å²) in [7, 11) is 1.21. The molecule has 0 bridgehead atoms. The molecule has 2 fully saturated rings. The van der Waals surface area contributed by atoms with Gasteiger partial charge in [-0.15, -0.1) is 0 Å². The van der Waals surface area contributed by atoms with Gasteiger partial charge >= 0.3 is 6.18 Å². The van der Waals surface area contributed by atoms with E-state index < -0.39 is 11.7 Å². The van der Waals surface area contributed by atoms with E-state index in [0.717, 1.165) is 51.1 Å². The first-order valence-corrected chi connectivity index (χ1v) is 11.9. The second kappa shape index (κ2) is 11.1. The molecular weight excluding hydrogens is 447 g/mol. The largest absolute Gasteiger partial charge is 0.496 e. The van der Waals surface area contributed by atoms with Crippen molar-refractivity contribution in [1.29, 1.82) is 0 Å². The standard InChI is InChI=1S/C23H32F3N7O/c1-34-19-11-10-16(13-18(19)23(24,25)26)30-22-32-20(28-14-17-9-6-12-27-17)31-21(33-22)29-15-7-4-2-3-5-8-15/h10-11,13,15,17,27H,2-9,12,14H2,1H3,(H3,28,29,30,31,32,33). The van der Waals surface area contributed by atoms with Gasteiger partial charge < -0.3 is 26.0 Å². The van der Waals surface area contributed by atoms with Crippen LogP contribution in [0.25, 0.3) is 0 Å². The summed E-state index contributed by atoms with van der Waals surface area (Å²) < 4.78 is 45.2. The lowest BCUT2D eigenvalue weighted by atomic mass is 10.1. The van der Waals surface area contributed by atoms with E-state index in [9.17, 15) is 13.2 Å². The van der Waals surface area contributed by atoms with Crippen molar-refractivity contribution in [2.75, 3.05) is 36.1 Å². The van der Waals surface area contributed by atoms with Crippen molar-refractivity contribution in [2.45, 2.75) is 69.6 Å². The summed E-state index contributed by atoms with van der Waals surface area (Å²) in [5.41, 5.74) is -0.653. The Balaban J connectivity index is 1.56. The summed E-state index contributed by atoms with van der Waals surface area (Å²) in [6.45, 7) is 1.65. The molecule has 1 aromatic carbocycles. The van der Waals surface area contributed by atoms with E-state index in [1.54, 1.807) is 0 Å². The summed E-state index contributed by atoms with van der Waals surface area (Å²) in [5, 5.41) is 13.0. The van der Waals surface area contributed by atoms with Crippen LogP contribution in [0, 0.1) is 0 Å². The molecule has 186 valence electrons. The molecule has 1 aromatic heterocycles. The maximum Gasteiger partial charge on any atom is 0.420 e. The van der Waals surface area contributed by atoms with Gasteiger partial charge in [0.25, 0.3) is 0 Å². The van der Waals surface area contributed by atoms with Gasteiger partial charge in [0.1, 0.15) is 5.75 Å². The Morgan fingerprint density at radius 3 is 2.38 bits per heavy atom. The van der Waals surface area contributed by atoms with E-state index in [2.05, 4.69) is 36.2 Å². The minimum atomic E-state index is -4.55. The van der Waals surface area contributed by atoms with Gasteiger partial charge in [0.2, 0.25) is 17.8 Å². The van der Waals surface area contributed by atoms with Crippen LogP contribution >= 0.6 is 0 Å². The molecule has 2 heterocycles. The number of nitrogens with zero attached hydrogens (tertiary/aromatic N) is 3. The van der Waals surface area contributed by atoms with Gasteiger partial charge in [-0.05, 0) is 50.4 Å². The lowest BCUT2D eigenvalue weighted by Crippen LogP contribution is -2.30. The lowest BCUT2D eigenvalue weighted by Gasteiger charge is -2.18. The van der Waals surface area contributed by atoms with Gasteiger partial charge in [0, 0.05) is 24.3 Å². The molecule has 2 aliphatic rings. The van der Waals surface area contributed by atoms with Crippen molar-refractivity contribution in [3.8, 4) is 5.75 Å². The number of ether oxygens (including phenoxy) is 1. The molecule has 1 atom stereocenters. The topological polar surface area (TPSA) is 96.0 Å². The van der Waals surface area contributed by atoms with Crippen molar-refractivity contribution >= 4 is 23.5 Å². The Labute approximate surface area is 197 Å². The number of halogens is 3. The molecule has 4 rings (SSSR count). The zero-order chi connectivity index (χ0) is 24.0. The Hall–Kier alpha value is -2.82. The van der Waals surface area contributed by atoms with Crippen LogP contribution in [0.5, 0.6) is 5.75 Å². The van der Waals surface area contributed by atoms with Crippen molar-refractivity contribution in [3.05, 3.63) is 23.8 Å². The third-order valence-electron chi connectivity index (χ3n) is 6.25. The maximum atomic E-state index is 13.4. The summed E-state index contributed by atoms with van der Waals surface area (Å²) >= 11 is 0. The molecule has 1 unspecified atom stereocenters. The molecule has 0 spiro atoms. The number of benzene rings is 1. The molecular formula is C23H32F3N7O. The number of nitrogens with one attached hydrogen (secondary N) is 4. The first-order chi connectivity index (χ1) is 16.4. The highest BCUT2D eigenvalue weighted by Gasteiger charge is 2.34. The maximum absolute atomic E-state index is 13.4. The van der Waals surface area contributed by atoms with Crippen LogP contribution in [0.1, 0.15) is 56.9 Å². The predicted octanol–water partition coefficient (Wildman–Crippen LogP) is 4.94. The van der Waals surface area contributed by atoms with E-state index in [-0.39, 0.29) is 23.4 Å². The molecule has 34 heavy (non-hydrogen) atoms. The van der Waals surface area contributed by atoms with Crippen molar-refractivity contribution in [3.63, 3.8) is 0 Å². The van der Waals surface area contributed by atoms with E-state index >= 15 is 0 Å². The third-order valence-corrected chi connectivity index (χ3v) is 6.25. The Kier molecular flexibility index (Phi) is 7.91. The number of hydrogen-bond acceptors (Lipinski definition) is 8. The van der Waals surface area contributed by atoms with E-state index in [4.69, 9.17) is 4.74 Å². The highest BCUT2D eigenvalue weighted by atomic mass is 19.4. The van der Waals surface area contributed by atoms with Gasteiger partial charge in [-0.1, -0.05) is 25.7 Å². The number of methoxy groups -OCH3 is 1. The highest BCUT2D eigenvalue weighted by molar-refractivity contribution is 5.59. The molecule has 1 saturated carbocycles. The fourth-order valence-electron chi connectivity index (χ4n) is 4.46. The minimum Gasteiger partial charge on any atom is -0.496 e. The van der Waals surface area contributed by atoms with Crippen LogP contribution in [0.2, 0.25) is 0 Å². The Morgan fingerprint density at radius 2 is 1.71 bits per heavy atom. The SMILES string of the molecule is COc1ccc(Nc2nc(NCC3CCCN3)nc(NC3CCCCCC3)n2)cc1C(F)(F)F. The lowest BCUT2D eigenvalue weighted by molar-refractivity contribution is -0.138. The number of aromatic nitrogens is 3. The minimum absolute atomic E-state index is 0.172. The molecule has 1 aliphatic carbocycles. The summed E-state index contributed by atoms with van der Waals surface area (Å²) in [6, 6.07) is 4.38. The molecule has 0 amide bonds. The fourth-order valence-corrected chi connectivity index (χ4v) is 4.46. The average molecular weight is 480 g/mol. The van der Waals surface area contributed by atoms with Crippen molar-refractivity contribution < 1.29 is 17.9 Å². The molecule has 11 heteroatoms. The monoisotopic (exact) mass is 479 g/mol. The normalized spacial score (nSPS) is 19.5. The molecule has 0 radical (unpaired) electrons.